The van der Waals surface area contributed by atoms with E-state index in [1.54, 1.807) is 12.3 Å². The highest BCUT2D eigenvalue weighted by atomic mass is 16.2. The average molecular weight is 222 g/mol. The van der Waals surface area contributed by atoms with Gasteiger partial charge >= 0.3 is 6.03 Å². The highest BCUT2D eigenvalue weighted by molar-refractivity contribution is 5.77. The van der Waals surface area contributed by atoms with Crippen LogP contribution in [0.3, 0.4) is 0 Å². The molecular weight excluding hydrogens is 214 g/mol. The minimum Gasteiger partial charge on any atom is -0.261 e. The lowest BCUT2D eigenvalue weighted by Gasteiger charge is -1.98. The minimum atomic E-state index is -0.453. The Morgan fingerprint density at radius 2 is 2.06 bits per heavy atom. The van der Waals surface area contributed by atoms with Crippen molar-refractivity contribution in [2.24, 2.45) is 9.98 Å². The summed E-state index contributed by atoms with van der Waals surface area (Å²) in [7, 11) is 0. The van der Waals surface area contributed by atoms with Crippen LogP contribution in [0.2, 0.25) is 0 Å². The number of aromatic nitrogens is 1. The molecule has 0 fully saturated rings. The lowest BCUT2D eigenvalue weighted by atomic mass is 10.1. The van der Waals surface area contributed by atoms with E-state index in [9.17, 15) is 4.79 Å². The quantitative estimate of drug-likeness (QED) is 0.756. The van der Waals surface area contributed by atoms with E-state index < -0.39 is 6.03 Å². The molecule has 4 heteroatoms. The molecule has 2 heterocycles. The molecule has 4 nitrogen and oxygen atoms in total. The van der Waals surface area contributed by atoms with Crippen LogP contribution in [0.4, 0.5) is 4.79 Å². The number of urea groups is 1. The number of benzene rings is 1. The molecule has 81 valence electrons. The van der Waals surface area contributed by atoms with Crippen molar-refractivity contribution in [2.75, 3.05) is 0 Å². The summed E-state index contributed by atoms with van der Waals surface area (Å²) in [6, 6.07) is 12.1. The molecule has 0 aliphatic carbocycles. The van der Waals surface area contributed by atoms with Crippen molar-refractivity contribution in [3.8, 4) is 0 Å². The number of carbonyl (C=O) groups is 1. The smallest absolute Gasteiger partial charge is 0.261 e. The first-order chi connectivity index (χ1) is 8.31. The van der Waals surface area contributed by atoms with Gasteiger partial charge in [-0.2, -0.15) is 9.98 Å². The summed E-state index contributed by atoms with van der Waals surface area (Å²) in [6.07, 6.45) is 2.43. The van der Waals surface area contributed by atoms with Crippen LogP contribution in [-0.2, 0) is 6.42 Å². The van der Waals surface area contributed by atoms with Gasteiger partial charge in [-0.25, -0.2) is 4.79 Å². The Balaban J connectivity index is 1.98. The zero-order valence-corrected chi connectivity index (χ0v) is 8.92. The third-order valence-electron chi connectivity index (χ3n) is 2.49. The molecule has 0 saturated heterocycles. The van der Waals surface area contributed by atoms with E-state index >= 15 is 0 Å². The van der Waals surface area contributed by atoms with Crippen LogP contribution in [0.1, 0.15) is 11.3 Å². The van der Waals surface area contributed by atoms with Gasteiger partial charge in [0.15, 0.2) is 0 Å². The molecule has 0 N–H and O–H groups in total. The number of fused-ring (bicyclic) bond motifs is 1. The second-order valence-corrected chi connectivity index (χ2v) is 3.72. The molecule has 3 rings (SSSR count). The molecule has 0 atom stereocenters. The first kappa shape index (κ1) is 9.84. The van der Waals surface area contributed by atoms with E-state index in [1.165, 1.54) is 0 Å². The summed E-state index contributed by atoms with van der Waals surface area (Å²) in [6.45, 7) is 0. The van der Waals surface area contributed by atoms with Crippen LogP contribution in [0.15, 0.2) is 46.5 Å². The lowest BCUT2D eigenvalue weighted by Crippen LogP contribution is -2.22. The number of amides is 2. The standard InChI is InChI=1S/C13H8N3O/c17-13-15-11-5-4-9(8-12(11)16-13)7-10-3-1-2-6-14-10/h1-6H,7H2. The fourth-order valence-corrected chi connectivity index (χ4v) is 1.72. The number of carbonyl (C=O) groups excluding carboxylic acids is 1. The molecule has 1 aliphatic rings. The first-order valence-electron chi connectivity index (χ1n) is 5.24. The molecule has 2 amide bonds. The molecule has 0 saturated carbocycles. The number of rotatable bonds is 2. The summed E-state index contributed by atoms with van der Waals surface area (Å²) in [5.74, 6) is 0. The predicted octanol–water partition coefficient (Wildman–Crippen LogP) is 0.845. The van der Waals surface area contributed by atoms with Gasteiger partial charge in [-0.15, -0.1) is 0 Å². The normalized spacial score (nSPS) is 12.8. The Hall–Kier alpha value is -2.36. The molecule has 1 aromatic heterocycles. The van der Waals surface area contributed by atoms with Gasteiger partial charge in [-0.3, -0.25) is 4.98 Å². The van der Waals surface area contributed by atoms with Gasteiger partial charge in [0.05, 0.1) is 5.36 Å². The van der Waals surface area contributed by atoms with Crippen molar-refractivity contribution in [3.05, 3.63) is 64.6 Å². The fraction of sp³-hybridized carbons (Fsp3) is 0.0769. The molecule has 1 aromatic carbocycles. The Kier molecular flexibility index (Phi) is 2.26. The largest absolute Gasteiger partial charge is 0.368 e. The lowest BCUT2D eigenvalue weighted by molar-refractivity contribution is 0.256. The fourth-order valence-electron chi connectivity index (χ4n) is 1.72. The Morgan fingerprint density at radius 3 is 2.88 bits per heavy atom. The van der Waals surface area contributed by atoms with Crippen molar-refractivity contribution in [3.63, 3.8) is 0 Å². The van der Waals surface area contributed by atoms with E-state index in [0.29, 0.717) is 17.1 Å². The van der Waals surface area contributed by atoms with Crippen LogP contribution in [0, 0.1) is 6.07 Å². The zero-order chi connectivity index (χ0) is 11.7. The van der Waals surface area contributed by atoms with E-state index in [4.69, 9.17) is 0 Å². The van der Waals surface area contributed by atoms with Crippen molar-refractivity contribution in [1.29, 1.82) is 0 Å². The van der Waals surface area contributed by atoms with Gasteiger partial charge in [-0.05, 0) is 23.8 Å². The molecule has 1 aliphatic heterocycles. The molecule has 2 aromatic rings. The summed E-state index contributed by atoms with van der Waals surface area (Å²) < 4.78 is 0. The predicted molar refractivity (Wildman–Crippen MR) is 60.0 cm³/mol. The van der Waals surface area contributed by atoms with Crippen molar-refractivity contribution < 1.29 is 4.79 Å². The van der Waals surface area contributed by atoms with E-state index in [1.807, 2.05) is 24.3 Å². The zero-order valence-electron chi connectivity index (χ0n) is 8.92. The molecule has 0 unspecified atom stereocenters. The molecule has 1 radical (unpaired) electrons. The maximum absolute atomic E-state index is 11.0. The SMILES string of the molecule is O=C1N=c2[c]c(Cc3ccccn3)ccc2=N1. The molecule has 0 spiro atoms. The first-order valence-corrected chi connectivity index (χ1v) is 5.24. The van der Waals surface area contributed by atoms with Gasteiger partial charge in [0.2, 0.25) is 0 Å². The molecule has 17 heavy (non-hydrogen) atoms. The van der Waals surface area contributed by atoms with E-state index in [2.05, 4.69) is 21.0 Å². The van der Waals surface area contributed by atoms with Crippen molar-refractivity contribution in [2.45, 2.75) is 6.42 Å². The van der Waals surface area contributed by atoms with Gasteiger partial charge in [0.25, 0.3) is 0 Å². The summed E-state index contributed by atoms with van der Waals surface area (Å²) in [5, 5.41) is 1.13. The number of hydrogen-bond donors (Lipinski definition) is 0. The number of pyridine rings is 1. The highest BCUT2D eigenvalue weighted by Gasteiger charge is 2.06. The van der Waals surface area contributed by atoms with Crippen LogP contribution >= 0.6 is 0 Å². The minimum absolute atomic E-state index is 0.453. The maximum Gasteiger partial charge on any atom is 0.368 e. The Morgan fingerprint density at radius 1 is 1.12 bits per heavy atom. The van der Waals surface area contributed by atoms with Gasteiger partial charge < -0.3 is 0 Å². The van der Waals surface area contributed by atoms with Crippen molar-refractivity contribution >= 4 is 6.03 Å². The summed E-state index contributed by atoms with van der Waals surface area (Å²) >= 11 is 0. The van der Waals surface area contributed by atoms with Gasteiger partial charge in [-0.1, -0.05) is 12.1 Å². The van der Waals surface area contributed by atoms with E-state index in [-0.39, 0.29) is 0 Å². The van der Waals surface area contributed by atoms with E-state index in [0.717, 1.165) is 11.3 Å². The Labute approximate surface area is 97.4 Å². The van der Waals surface area contributed by atoms with Crippen LogP contribution < -0.4 is 10.7 Å². The third-order valence-corrected chi connectivity index (χ3v) is 2.49. The van der Waals surface area contributed by atoms with Crippen LogP contribution in [0.5, 0.6) is 0 Å². The highest BCUT2D eigenvalue weighted by Crippen LogP contribution is 2.03. The second kappa shape index (κ2) is 3.90. The monoisotopic (exact) mass is 222 g/mol. The van der Waals surface area contributed by atoms with Crippen LogP contribution in [0.25, 0.3) is 0 Å². The number of hydrogen-bond acceptors (Lipinski definition) is 2. The molecule has 0 bridgehead atoms. The summed E-state index contributed by atoms with van der Waals surface area (Å²) in [5.41, 5.74) is 1.92. The number of nitrogens with zero attached hydrogens (tertiary/aromatic N) is 3. The average Bonchev–Trinajstić information content (AvgIpc) is 2.70. The second-order valence-electron chi connectivity index (χ2n) is 3.72. The van der Waals surface area contributed by atoms with Crippen molar-refractivity contribution in [1.82, 2.24) is 4.98 Å². The molecular formula is C13H8N3O. The Bertz CT molecular complexity index is 692. The summed E-state index contributed by atoms with van der Waals surface area (Å²) in [4.78, 5) is 22.8. The van der Waals surface area contributed by atoms with Gasteiger partial charge in [0.1, 0.15) is 5.36 Å². The topological polar surface area (TPSA) is 54.7 Å². The third kappa shape index (κ3) is 1.97. The van der Waals surface area contributed by atoms with Gasteiger partial charge in [0, 0.05) is 24.4 Å². The maximum atomic E-state index is 11.0. The van der Waals surface area contributed by atoms with Crippen LogP contribution in [-0.4, -0.2) is 11.0 Å².